The molecule has 1 aliphatic heterocycles. The quantitative estimate of drug-likeness (QED) is 0.397. The van der Waals surface area contributed by atoms with E-state index in [2.05, 4.69) is 55.4 Å². The highest BCUT2D eigenvalue weighted by Crippen LogP contribution is 2.45. The highest BCUT2D eigenvalue weighted by Gasteiger charge is 2.38. The smallest absolute Gasteiger partial charge is 0.293 e. The van der Waals surface area contributed by atoms with Crippen molar-refractivity contribution in [2.75, 3.05) is 22.9 Å². The average Bonchev–Trinajstić information content (AvgIpc) is 3.21. The number of benzene rings is 2. The van der Waals surface area contributed by atoms with Crippen LogP contribution in [0.15, 0.2) is 48.0 Å². The molecule has 0 saturated carbocycles. The summed E-state index contributed by atoms with van der Waals surface area (Å²) in [6, 6.07) is 12.2. The first-order valence-corrected chi connectivity index (χ1v) is 12.5. The fraction of sp³-hybridized carbons (Fsp3) is 0.517. The predicted octanol–water partition coefficient (Wildman–Crippen LogP) is 8.91. The summed E-state index contributed by atoms with van der Waals surface area (Å²) < 4.78 is 43.5. The Morgan fingerprint density at radius 3 is 1.15 bits per heavy atom. The molecule has 3 rings (SSSR count). The van der Waals surface area contributed by atoms with E-state index in [-0.39, 0.29) is 29.5 Å². The second-order valence-corrected chi connectivity index (χ2v) is 10.5. The molecule has 186 valence electrons. The largest absolute Gasteiger partial charge is 0.323 e. The van der Waals surface area contributed by atoms with Gasteiger partial charge in [-0.15, -0.1) is 0 Å². The van der Waals surface area contributed by atoms with Gasteiger partial charge in [-0.3, -0.25) is 0 Å². The zero-order valence-corrected chi connectivity index (χ0v) is 21.8. The van der Waals surface area contributed by atoms with Gasteiger partial charge in [-0.05, 0) is 45.9 Å². The second-order valence-electron chi connectivity index (χ2n) is 10.5. The van der Waals surface area contributed by atoms with Crippen LogP contribution in [-0.2, 0) is 0 Å². The maximum Gasteiger partial charge on any atom is 0.293 e. The van der Waals surface area contributed by atoms with E-state index in [1.165, 1.54) is 0 Å². The van der Waals surface area contributed by atoms with Crippen molar-refractivity contribution in [1.82, 2.24) is 0 Å². The molecule has 0 amide bonds. The number of allylic oxidation sites excluding steroid dienone is 1. The second kappa shape index (κ2) is 10.5. The number of halogens is 3. The van der Waals surface area contributed by atoms with E-state index >= 15 is 4.39 Å². The lowest BCUT2D eigenvalue weighted by atomic mass is 9.91. The third-order valence-electron chi connectivity index (χ3n) is 6.69. The van der Waals surface area contributed by atoms with Crippen LogP contribution >= 0.6 is 0 Å². The molecular formula is C29H39F3N2. The minimum Gasteiger partial charge on any atom is -0.323 e. The summed E-state index contributed by atoms with van der Waals surface area (Å²) in [6.45, 7) is 17.6. The van der Waals surface area contributed by atoms with Crippen LogP contribution in [-0.4, -0.2) is 19.5 Å². The van der Waals surface area contributed by atoms with Crippen molar-refractivity contribution in [3.05, 3.63) is 70.3 Å². The van der Waals surface area contributed by atoms with Gasteiger partial charge in [-0.1, -0.05) is 91.8 Å². The molecule has 34 heavy (non-hydrogen) atoms. The number of alkyl halides is 2. The summed E-state index contributed by atoms with van der Waals surface area (Å²) in [5.74, 6) is -0.680. The standard InChI is InChI=1S/C29H39F3N2/c1-17(2)21-11-9-12-22(18(3)4)26(21)33-15-16-34(29(33)25(30)28(31)32)27-23(19(5)6)13-10-14-24(27)20(7)8/h9-14,17-20,28H,15-16H2,1-8H3. The third-order valence-corrected chi connectivity index (χ3v) is 6.69. The highest BCUT2D eigenvalue weighted by atomic mass is 19.3. The summed E-state index contributed by atoms with van der Waals surface area (Å²) in [5.41, 5.74) is 5.94. The molecular weight excluding hydrogens is 433 g/mol. The van der Waals surface area contributed by atoms with Crippen LogP contribution < -0.4 is 9.80 Å². The zero-order valence-electron chi connectivity index (χ0n) is 21.8. The number of hydrogen-bond acceptors (Lipinski definition) is 2. The third kappa shape index (κ3) is 4.85. The molecule has 0 unspecified atom stereocenters. The Morgan fingerprint density at radius 2 is 0.912 bits per heavy atom. The van der Waals surface area contributed by atoms with Crippen LogP contribution in [0.5, 0.6) is 0 Å². The van der Waals surface area contributed by atoms with Crippen LogP contribution in [0.25, 0.3) is 0 Å². The molecule has 1 saturated heterocycles. The Labute approximate surface area is 203 Å². The topological polar surface area (TPSA) is 6.48 Å². The first-order valence-electron chi connectivity index (χ1n) is 12.5. The number of para-hydroxylation sites is 2. The van der Waals surface area contributed by atoms with Gasteiger partial charge in [0.1, 0.15) is 0 Å². The lowest BCUT2D eigenvalue weighted by Crippen LogP contribution is -2.29. The average molecular weight is 473 g/mol. The van der Waals surface area contributed by atoms with Crippen molar-refractivity contribution in [3.63, 3.8) is 0 Å². The Kier molecular flexibility index (Phi) is 8.05. The normalized spacial score (nSPS) is 14.6. The molecule has 1 fully saturated rings. The van der Waals surface area contributed by atoms with Crippen LogP contribution in [0.1, 0.15) is 101 Å². The fourth-order valence-electron chi connectivity index (χ4n) is 5.00. The molecule has 2 nitrogen and oxygen atoms in total. The summed E-state index contributed by atoms with van der Waals surface area (Å²) in [4.78, 5) is 3.63. The molecule has 0 aromatic heterocycles. The minimum atomic E-state index is -3.18. The summed E-state index contributed by atoms with van der Waals surface area (Å²) in [5, 5.41) is 0. The van der Waals surface area contributed by atoms with Gasteiger partial charge in [0, 0.05) is 24.5 Å². The first kappa shape index (κ1) is 26.2. The van der Waals surface area contributed by atoms with Crippen molar-refractivity contribution >= 4 is 11.4 Å². The molecule has 0 bridgehead atoms. The van der Waals surface area contributed by atoms with Gasteiger partial charge in [0.25, 0.3) is 6.43 Å². The van der Waals surface area contributed by atoms with E-state index in [1.807, 2.05) is 46.2 Å². The Bertz CT molecular complexity index is 912. The SMILES string of the molecule is CC(C)c1cccc(C(C)C)c1N1CCN(c2c(C(C)C)cccc2C(C)C)C1=C(F)C(F)F. The van der Waals surface area contributed by atoms with Gasteiger partial charge in [0.05, 0.1) is 0 Å². The number of nitrogens with zero attached hydrogens (tertiary/aromatic N) is 2. The molecule has 0 spiro atoms. The molecule has 1 heterocycles. The van der Waals surface area contributed by atoms with E-state index < -0.39 is 12.3 Å². The van der Waals surface area contributed by atoms with Crippen LogP contribution in [0.2, 0.25) is 0 Å². The first-order chi connectivity index (χ1) is 16.0. The van der Waals surface area contributed by atoms with E-state index in [4.69, 9.17) is 0 Å². The molecule has 2 aromatic rings. The molecule has 2 aromatic carbocycles. The lowest BCUT2D eigenvalue weighted by Gasteiger charge is -2.33. The number of anilines is 2. The van der Waals surface area contributed by atoms with E-state index in [0.29, 0.717) is 13.1 Å². The molecule has 0 N–H and O–H groups in total. The molecule has 5 heteroatoms. The molecule has 0 aliphatic carbocycles. The van der Waals surface area contributed by atoms with Gasteiger partial charge in [0.15, 0.2) is 5.82 Å². The van der Waals surface area contributed by atoms with Gasteiger partial charge >= 0.3 is 0 Å². The lowest BCUT2D eigenvalue weighted by molar-refractivity contribution is 0.156. The fourth-order valence-corrected chi connectivity index (χ4v) is 5.00. The van der Waals surface area contributed by atoms with Crippen LogP contribution in [0.4, 0.5) is 24.5 Å². The highest BCUT2D eigenvalue weighted by molar-refractivity contribution is 5.74. The van der Waals surface area contributed by atoms with Crippen molar-refractivity contribution in [1.29, 1.82) is 0 Å². The maximum absolute atomic E-state index is 15.5. The van der Waals surface area contributed by atoms with E-state index in [1.54, 1.807) is 0 Å². The zero-order chi connectivity index (χ0) is 25.3. The summed E-state index contributed by atoms with van der Waals surface area (Å²) in [7, 11) is 0. The van der Waals surface area contributed by atoms with E-state index in [9.17, 15) is 8.78 Å². The van der Waals surface area contributed by atoms with Gasteiger partial charge in [-0.2, -0.15) is 0 Å². The Morgan fingerprint density at radius 1 is 0.618 bits per heavy atom. The summed E-state index contributed by atoms with van der Waals surface area (Å²) in [6.07, 6.45) is -3.18. The Balaban J connectivity index is 2.33. The Hall–Kier alpha value is -2.43. The molecule has 1 aliphatic rings. The summed E-state index contributed by atoms with van der Waals surface area (Å²) >= 11 is 0. The van der Waals surface area contributed by atoms with Gasteiger partial charge in [0.2, 0.25) is 5.83 Å². The van der Waals surface area contributed by atoms with Crippen LogP contribution in [0, 0.1) is 0 Å². The molecule has 0 atom stereocenters. The van der Waals surface area contributed by atoms with Gasteiger partial charge < -0.3 is 9.80 Å². The minimum absolute atomic E-state index is 0.0139. The van der Waals surface area contributed by atoms with Crippen molar-refractivity contribution in [2.45, 2.75) is 85.5 Å². The van der Waals surface area contributed by atoms with Gasteiger partial charge in [-0.25, -0.2) is 13.2 Å². The van der Waals surface area contributed by atoms with Crippen LogP contribution in [0.3, 0.4) is 0 Å². The number of rotatable bonds is 7. The number of hydrogen-bond donors (Lipinski definition) is 0. The van der Waals surface area contributed by atoms with Crippen molar-refractivity contribution in [2.24, 2.45) is 0 Å². The predicted molar refractivity (Wildman–Crippen MR) is 138 cm³/mol. The monoisotopic (exact) mass is 472 g/mol. The van der Waals surface area contributed by atoms with E-state index in [0.717, 1.165) is 33.6 Å². The molecule has 0 radical (unpaired) electrons. The maximum atomic E-state index is 15.5. The van der Waals surface area contributed by atoms with Crippen molar-refractivity contribution < 1.29 is 13.2 Å². The van der Waals surface area contributed by atoms with Crippen molar-refractivity contribution in [3.8, 4) is 0 Å².